The van der Waals surface area contributed by atoms with Crippen molar-refractivity contribution in [3.8, 4) is 0 Å². The van der Waals surface area contributed by atoms with Crippen LogP contribution in [0.5, 0.6) is 0 Å². The molecule has 1 fully saturated rings. The molecule has 26 heavy (non-hydrogen) atoms. The minimum atomic E-state index is -0.135. The molecule has 0 saturated carbocycles. The topological polar surface area (TPSA) is 65.2 Å². The Hall–Kier alpha value is -3.08. The first-order valence-corrected chi connectivity index (χ1v) is 8.87. The van der Waals surface area contributed by atoms with Gasteiger partial charge in [-0.1, -0.05) is 12.1 Å². The van der Waals surface area contributed by atoms with Crippen molar-refractivity contribution >= 4 is 28.4 Å². The van der Waals surface area contributed by atoms with E-state index in [1.807, 2.05) is 31.2 Å². The molecule has 5 heteroatoms. The molecule has 0 aliphatic carbocycles. The van der Waals surface area contributed by atoms with E-state index in [2.05, 4.69) is 22.4 Å². The number of hydrogen-bond acceptors (Lipinski definition) is 2. The van der Waals surface area contributed by atoms with Crippen LogP contribution in [0.1, 0.15) is 34.5 Å². The third kappa shape index (κ3) is 3.20. The highest BCUT2D eigenvalue weighted by Crippen LogP contribution is 2.22. The largest absolute Gasteiger partial charge is 0.359 e. The number of aromatic nitrogens is 1. The smallest absolute Gasteiger partial charge is 0.251 e. The maximum atomic E-state index is 12.5. The highest BCUT2D eigenvalue weighted by molar-refractivity contribution is 5.99. The Morgan fingerprint density at radius 2 is 2.08 bits per heavy atom. The third-order valence-electron chi connectivity index (χ3n) is 4.77. The number of hydrogen-bond donors (Lipinski definition) is 2. The van der Waals surface area contributed by atoms with Crippen LogP contribution in [0, 0.1) is 6.92 Å². The Morgan fingerprint density at radius 1 is 1.19 bits per heavy atom. The SMILES string of the molecule is Cc1cc2cc(CNC(=O)c3cccc(N4CCCC4=O)c3)ccc2[nH]1. The van der Waals surface area contributed by atoms with Crippen molar-refractivity contribution in [1.82, 2.24) is 10.3 Å². The van der Waals surface area contributed by atoms with E-state index in [-0.39, 0.29) is 11.8 Å². The number of amides is 2. The van der Waals surface area contributed by atoms with Crippen molar-refractivity contribution in [1.29, 1.82) is 0 Å². The highest BCUT2D eigenvalue weighted by Gasteiger charge is 2.22. The maximum Gasteiger partial charge on any atom is 0.251 e. The zero-order chi connectivity index (χ0) is 18.1. The van der Waals surface area contributed by atoms with Crippen LogP contribution >= 0.6 is 0 Å². The molecule has 0 unspecified atom stereocenters. The molecule has 132 valence electrons. The fourth-order valence-corrected chi connectivity index (χ4v) is 3.46. The molecular formula is C21H21N3O2. The molecule has 0 radical (unpaired) electrons. The summed E-state index contributed by atoms with van der Waals surface area (Å²) in [6.45, 7) is 3.21. The molecule has 5 nitrogen and oxygen atoms in total. The van der Waals surface area contributed by atoms with Gasteiger partial charge in [0.15, 0.2) is 0 Å². The van der Waals surface area contributed by atoms with E-state index in [0.717, 1.165) is 40.8 Å². The first kappa shape index (κ1) is 16.4. The van der Waals surface area contributed by atoms with Crippen molar-refractivity contribution in [2.45, 2.75) is 26.3 Å². The van der Waals surface area contributed by atoms with Crippen molar-refractivity contribution in [3.63, 3.8) is 0 Å². The van der Waals surface area contributed by atoms with Crippen molar-refractivity contribution in [3.05, 3.63) is 65.4 Å². The summed E-state index contributed by atoms with van der Waals surface area (Å²) in [6, 6.07) is 15.5. The lowest BCUT2D eigenvalue weighted by atomic mass is 10.1. The van der Waals surface area contributed by atoms with Crippen LogP contribution in [0.2, 0.25) is 0 Å². The standard InChI is InChI=1S/C21H21N3O2/c1-14-10-17-11-15(7-8-19(17)23-14)13-22-21(26)16-4-2-5-18(12-16)24-9-3-6-20(24)25/h2,4-5,7-8,10-12,23H,3,6,9,13H2,1H3,(H,22,26). The second-order valence-electron chi connectivity index (χ2n) is 6.76. The number of H-pyrrole nitrogens is 1. The van der Waals surface area contributed by atoms with Crippen molar-refractivity contribution in [2.24, 2.45) is 0 Å². The molecule has 0 bridgehead atoms. The first-order valence-electron chi connectivity index (χ1n) is 8.87. The molecule has 2 heterocycles. The van der Waals surface area contributed by atoms with Gasteiger partial charge in [-0.2, -0.15) is 0 Å². The summed E-state index contributed by atoms with van der Waals surface area (Å²) in [5.41, 5.74) is 4.64. The molecule has 1 saturated heterocycles. The quantitative estimate of drug-likeness (QED) is 0.758. The number of rotatable bonds is 4. The third-order valence-corrected chi connectivity index (χ3v) is 4.77. The van der Waals surface area contributed by atoms with Crippen LogP contribution in [-0.2, 0) is 11.3 Å². The van der Waals surface area contributed by atoms with Crippen LogP contribution in [0.4, 0.5) is 5.69 Å². The molecule has 0 spiro atoms. The Balaban J connectivity index is 1.46. The van der Waals surface area contributed by atoms with Crippen molar-refractivity contribution in [2.75, 3.05) is 11.4 Å². The lowest BCUT2D eigenvalue weighted by Gasteiger charge is -2.16. The van der Waals surface area contributed by atoms with Gasteiger partial charge in [0.2, 0.25) is 5.91 Å². The van der Waals surface area contributed by atoms with Crippen LogP contribution in [0.3, 0.4) is 0 Å². The fraction of sp³-hybridized carbons (Fsp3) is 0.238. The predicted octanol–water partition coefficient (Wildman–Crippen LogP) is 3.53. The molecule has 0 atom stereocenters. The zero-order valence-corrected chi connectivity index (χ0v) is 14.7. The summed E-state index contributed by atoms with van der Waals surface area (Å²) in [7, 11) is 0. The summed E-state index contributed by atoms with van der Waals surface area (Å²) in [5, 5.41) is 4.11. The lowest BCUT2D eigenvalue weighted by molar-refractivity contribution is -0.117. The van der Waals surface area contributed by atoms with E-state index in [4.69, 9.17) is 0 Å². The summed E-state index contributed by atoms with van der Waals surface area (Å²) in [5.74, 6) is -0.0125. The average Bonchev–Trinajstić information content (AvgIpc) is 3.23. The highest BCUT2D eigenvalue weighted by atomic mass is 16.2. The number of nitrogens with one attached hydrogen (secondary N) is 2. The van der Waals surface area contributed by atoms with Gasteiger partial charge < -0.3 is 15.2 Å². The molecule has 4 rings (SSSR count). The minimum Gasteiger partial charge on any atom is -0.359 e. The number of aromatic amines is 1. The first-order chi connectivity index (χ1) is 12.6. The molecule has 1 aliphatic heterocycles. The molecule has 2 aromatic carbocycles. The fourth-order valence-electron chi connectivity index (χ4n) is 3.46. The van der Waals surface area contributed by atoms with Gasteiger partial charge in [0.1, 0.15) is 0 Å². The van der Waals surface area contributed by atoms with Crippen LogP contribution in [0.25, 0.3) is 10.9 Å². The summed E-state index contributed by atoms with van der Waals surface area (Å²) >= 11 is 0. The van der Waals surface area contributed by atoms with Gasteiger partial charge in [0.25, 0.3) is 5.91 Å². The number of fused-ring (bicyclic) bond motifs is 1. The Kier molecular flexibility index (Phi) is 4.21. The molecule has 1 aromatic heterocycles. The monoisotopic (exact) mass is 347 g/mol. The van der Waals surface area contributed by atoms with Gasteiger partial charge >= 0.3 is 0 Å². The number of carbonyl (C=O) groups excluding carboxylic acids is 2. The van der Waals surface area contributed by atoms with E-state index in [1.54, 1.807) is 17.0 Å². The second-order valence-corrected chi connectivity index (χ2v) is 6.76. The van der Waals surface area contributed by atoms with E-state index in [9.17, 15) is 9.59 Å². The van der Waals surface area contributed by atoms with Gasteiger partial charge in [0.05, 0.1) is 0 Å². The number of benzene rings is 2. The second kappa shape index (κ2) is 6.67. The van der Waals surface area contributed by atoms with Crippen molar-refractivity contribution < 1.29 is 9.59 Å². The van der Waals surface area contributed by atoms with E-state index < -0.39 is 0 Å². The average molecular weight is 347 g/mol. The van der Waals surface area contributed by atoms with Crippen LogP contribution in [0.15, 0.2) is 48.5 Å². The number of nitrogens with zero attached hydrogens (tertiary/aromatic N) is 1. The summed E-state index contributed by atoms with van der Waals surface area (Å²) in [4.78, 5) is 29.5. The maximum absolute atomic E-state index is 12.5. The van der Waals surface area contributed by atoms with Gasteiger partial charge in [-0.25, -0.2) is 0 Å². The Morgan fingerprint density at radius 3 is 2.88 bits per heavy atom. The van der Waals surface area contributed by atoms with Gasteiger partial charge in [-0.15, -0.1) is 0 Å². The molecule has 1 aliphatic rings. The van der Waals surface area contributed by atoms with Crippen LogP contribution in [-0.4, -0.2) is 23.3 Å². The number of anilines is 1. The van der Waals surface area contributed by atoms with Crippen LogP contribution < -0.4 is 10.2 Å². The zero-order valence-electron chi connectivity index (χ0n) is 14.7. The molecular weight excluding hydrogens is 326 g/mol. The van der Waals surface area contributed by atoms with Gasteiger partial charge in [-0.05, 0) is 60.7 Å². The lowest BCUT2D eigenvalue weighted by Crippen LogP contribution is -2.25. The molecule has 2 amide bonds. The van der Waals surface area contributed by atoms with E-state index in [1.165, 1.54) is 0 Å². The number of carbonyl (C=O) groups is 2. The number of aryl methyl sites for hydroxylation is 1. The van der Waals surface area contributed by atoms with E-state index in [0.29, 0.717) is 18.5 Å². The Labute approximate surface area is 152 Å². The predicted molar refractivity (Wildman–Crippen MR) is 102 cm³/mol. The minimum absolute atomic E-state index is 0.123. The van der Waals surface area contributed by atoms with E-state index >= 15 is 0 Å². The normalized spacial score (nSPS) is 14.2. The van der Waals surface area contributed by atoms with Gasteiger partial charge in [0, 0.05) is 42.0 Å². The molecule has 2 N–H and O–H groups in total. The Bertz CT molecular complexity index is 990. The van der Waals surface area contributed by atoms with Gasteiger partial charge in [-0.3, -0.25) is 9.59 Å². The molecule has 3 aromatic rings. The summed E-state index contributed by atoms with van der Waals surface area (Å²) < 4.78 is 0. The summed E-state index contributed by atoms with van der Waals surface area (Å²) in [6.07, 6.45) is 1.45.